The largest absolute Gasteiger partial charge is 0.386 e. The Morgan fingerprint density at radius 2 is 1.00 bits per heavy atom. The molecule has 4 aromatic carbocycles. The summed E-state index contributed by atoms with van der Waals surface area (Å²) in [4.78, 5) is 8.72. The van der Waals surface area contributed by atoms with Gasteiger partial charge in [-0.05, 0) is 63.1 Å². The molecule has 0 amide bonds. The van der Waals surface area contributed by atoms with Crippen molar-refractivity contribution in [1.82, 2.24) is 0 Å². The van der Waals surface area contributed by atoms with Gasteiger partial charge in [0, 0.05) is 27.7 Å². The van der Waals surface area contributed by atoms with Gasteiger partial charge in [0.15, 0.2) is 29.2 Å². The molecule has 51 heavy (non-hydrogen) atoms. The van der Waals surface area contributed by atoms with Gasteiger partial charge in [-0.2, -0.15) is 0 Å². The molecular weight excluding hydrogens is 772 g/mol. The maximum Gasteiger partial charge on any atom is 0.169 e. The third-order valence-corrected chi connectivity index (χ3v) is 15.4. The zero-order chi connectivity index (χ0) is 37.8. The van der Waals surface area contributed by atoms with Crippen LogP contribution in [0.25, 0.3) is 0 Å². The summed E-state index contributed by atoms with van der Waals surface area (Å²) in [7, 11) is -7.69. The molecule has 0 spiro atoms. The van der Waals surface area contributed by atoms with Crippen LogP contribution in [0, 0.1) is 23.3 Å². The number of hydrogen-bond acceptors (Lipinski definition) is 8. The summed E-state index contributed by atoms with van der Waals surface area (Å²) in [6.07, 6.45) is 0. The first kappa shape index (κ1) is 38.2. The molecule has 6 rings (SSSR count). The molecule has 4 atom stereocenters. The lowest BCUT2D eigenvalue weighted by molar-refractivity contribution is 0.468. The Morgan fingerprint density at radius 3 is 1.39 bits per heavy atom. The second-order valence-corrected chi connectivity index (χ2v) is 18.8. The summed E-state index contributed by atoms with van der Waals surface area (Å²) in [6, 6.07) is 21.3. The van der Waals surface area contributed by atoms with E-state index >= 15 is 0 Å². The molecule has 0 saturated carbocycles. The fourth-order valence-electron chi connectivity index (χ4n) is 6.48. The van der Waals surface area contributed by atoms with Gasteiger partial charge in [0.25, 0.3) is 0 Å². The summed E-state index contributed by atoms with van der Waals surface area (Å²) >= 11 is 3.33. The van der Waals surface area contributed by atoms with Gasteiger partial charge in [0.05, 0.1) is 11.5 Å². The molecule has 2 aliphatic heterocycles. The van der Waals surface area contributed by atoms with Crippen molar-refractivity contribution < 1.29 is 34.4 Å². The number of halogens is 5. The van der Waals surface area contributed by atoms with Gasteiger partial charge in [-0.15, -0.1) is 0 Å². The normalized spacial score (nSPS) is 28.1. The van der Waals surface area contributed by atoms with Crippen LogP contribution in [-0.4, -0.2) is 40.0 Å². The first-order valence-corrected chi connectivity index (χ1v) is 19.6. The quantitative estimate of drug-likeness (QED) is 0.225. The van der Waals surface area contributed by atoms with Crippen molar-refractivity contribution in [2.24, 2.45) is 21.5 Å². The predicted octanol–water partition coefficient (Wildman–Crippen LogP) is 6.52. The van der Waals surface area contributed by atoms with Crippen molar-refractivity contribution in [3.63, 3.8) is 0 Å². The Kier molecular flexibility index (Phi) is 9.84. The van der Waals surface area contributed by atoms with Gasteiger partial charge in [0.1, 0.15) is 46.0 Å². The number of nitrogens with zero attached hydrogens (tertiary/aromatic N) is 2. The molecule has 4 aromatic rings. The third kappa shape index (κ3) is 6.59. The van der Waals surface area contributed by atoms with Crippen LogP contribution >= 0.6 is 15.9 Å². The van der Waals surface area contributed by atoms with E-state index < -0.39 is 75.0 Å². The first-order valence-electron chi connectivity index (χ1n) is 15.5. The smallest absolute Gasteiger partial charge is 0.169 e. The van der Waals surface area contributed by atoms with Crippen LogP contribution in [0.1, 0.15) is 49.9 Å². The number of sulfone groups is 2. The van der Waals surface area contributed by atoms with Gasteiger partial charge in [-0.1, -0.05) is 70.5 Å². The van der Waals surface area contributed by atoms with Crippen molar-refractivity contribution in [3.05, 3.63) is 141 Å². The van der Waals surface area contributed by atoms with Gasteiger partial charge in [-0.3, -0.25) is 9.98 Å². The van der Waals surface area contributed by atoms with Crippen molar-refractivity contribution in [1.29, 1.82) is 0 Å². The average Bonchev–Trinajstić information content (AvgIpc) is 3.02. The van der Waals surface area contributed by atoms with Gasteiger partial charge in [0.2, 0.25) is 0 Å². The Bertz CT molecular complexity index is 2310. The SMILES string of the molecule is C[C@@]1(c2ccc(F)cc2F)CS(=O)(=O)[C@@](C)(c2cccc(Br)c2)C(N)=N1.C[C@@]1(c2ccc(F)cc2F)CS(=O)(=O)[C@@](C)(c2ccccc2)C(N)=N1. The Hall–Kier alpha value is -4.08. The van der Waals surface area contributed by atoms with Gasteiger partial charge in [-0.25, -0.2) is 34.4 Å². The molecule has 0 aliphatic carbocycles. The maximum absolute atomic E-state index is 14.3. The van der Waals surface area contributed by atoms with Crippen molar-refractivity contribution in [2.75, 3.05) is 11.5 Å². The van der Waals surface area contributed by atoms with E-state index in [-0.39, 0.29) is 22.8 Å². The Labute approximate surface area is 302 Å². The molecule has 0 aromatic heterocycles. The standard InChI is InChI=1S/C18H17BrF2N2O2S.C18H18F2N2O2S/c1-17(14-7-6-13(20)9-15(14)21)10-26(24,25)18(2,16(22)23-17)11-4-3-5-12(19)8-11;1-17(14-9-8-13(19)10-15(14)20)11-25(23,24)18(2,16(21)22-17)12-6-4-3-5-7-12/h3-9H,10H2,1-2H3,(H2,22,23);3-10H,11H2,1-2H3,(H2,21,22)/t2*17-,18-/m00/s1. The molecule has 2 aliphatic rings. The topological polar surface area (TPSA) is 145 Å². The van der Waals surface area contributed by atoms with Crippen LogP contribution < -0.4 is 11.5 Å². The number of rotatable bonds is 4. The molecule has 0 radical (unpaired) electrons. The van der Waals surface area contributed by atoms with E-state index in [1.165, 1.54) is 39.8 Å². The lowest BCUT2D eigenvalue weighted by atomic mass is 9.92. The molecule has 0 fully saturated rings. The zero-order valence-electron chi connectivity index (χ0n) is 28.0. The molecule has 4 N–H and O–H groups in total. The number of amidine groups is 2. The van der Waals surface area contributed by atoms with E-state index in [4.69, 9.17) is 11.5 Å². The van der Waals surface area contributed by atoms with E-state index in [0.29, 0.717) is 27.7 Å². The molecule has 0 saturated heterocycles. The Balaban J connectivity index is 0.000000198. The highest BCUT2D eigenvalue weighted by atomic mass is 79.9. The van der Waals surface area contributed by atoms with Crippen LogP contribution in [-0.2, 0) is 40.2 Å². The summed E-state index contributed by atoms with van der Waals surface area (Å²) in [5.74, 6) is -4.33. The molecule has 2 heterocycles. The van der Waals surface area contributed by atoms with Crippen molar-refractivity contribution >= 4 is 47.3 Å². The van der Waals surface area contributed by atoms with Crippen molar-refractivity contribution in [3.8, 4) is 0 Å². The van der Waals surface area contributed by atoms with E-state index in [0.717, 1.165) is 12.1 Å². The van der Waals surface area contributed by atoms with Crippen molar-refractivity contribution in [2.45, 2.75) is 48.3 Å². The lowest BCUT2D eigenvalue weighted by Crippen LogP contribution is -2.54. The van der Waals surface area contributed by atoms with Crippen LogP contribution in [0.15, 0.2) is 105 Å². The number of hydrogen-bond donors (Lipinski definition) is 2. The van der Waals surface area contributed by atoms with Gasteiger partial charge >= 0.3 is 0 Å². The molecule has 0 bridgehead atoms. The number of nitrogens with two attached hydrogens (primary N) is 2. The summed E-state index contributed by atoms with van der Waals surface area (Å²) in [5.41, 5.74) is 10.3. The van der Waals surface area contributed by atoms with E-state index in [9.17, 15) is 34.4 Å². The highest BCUT2D eigenvalue weighted by Crippen LogP contribution is 2.44. The third-order valence-electron chi connectivity index (χ3n) is 9.62. The van der Waals surface area contributed by atoms with Crippen LogP contribution in [0.3, 0.4) is 0 Å². The second kappa shape index (κ2) is 13.2. The molecule has 8 nitrogen and oxygen atoms in total. The summed E-state index contributed by atoms with van der Waals surface area (Å²) in [5, 5.41) is 0. The molecule has 15 heteroatoms. The summed E-state index contributed by atoms with van der Waals surface area (Å²) < 4.78 is 105. The van der Waals surface area contributed by atoms with Crippen LogP contribution in [0.2, 0.25) is 0 Å². The maximum atomic E-state index is 14.3. The molecular formula is C36H35BrF4N4O4S2. The number of benzene rings is 4. The fourth-order valence-corrected chi connectivity index (χ4v) is 11.1. The highest BCUT2D eigenvalue weighted by molar-refractivity contribution is 9.10. The summed E-state index contributed by atoms with van der Waals surface area (Å²) in [6.45, 7) is 5.95. The van der Waals surface area contributed by atoms with E-state index in [2.05, 4.69) is 25.9 Å². The zero-order valence-corrected chi connectivity index (χ0v) is 31.2. The van der Waals surface area contributed by atoms with E-state index in [1.807, 2.05) is 0 Å². The highest BCUT2D eigenvalue weighted by Gasteiger charge is 2.54. The average molecular weight is 808 g/mol. The van der Waals surface area contributed by atoms with E-state index in [1.54, 1.807) is 54.6 Å². The first-order chi connectivity index (χ1) is 23.6. The second-order valence-electron chi connectivity index (χ2n) is 13.3. The minimum absolute atomic E-state index is 0.00413. The van der Waals surface area contributed by atoms with Gasteiger partial charge < -0.3 is 11.5 Å². The fraction of sp³-hybridized carbons (Fsp3) is 0.278. The molecule has 270 valence electrons. The molecule has 0 unspecified atom stereocenters. The minimum atomic E-state index is -3.86. The predicted molar refractivity (Wildman–Crippen MR) is 194 cm³/mol. The van der Waals surface area contributed by atoms with Crippen LogP contribution in [0.5, 0.6) is 0 Å². The lowest BCUT2D eigenvalue weighted by Gasteiger charge is -2.40. The minimum Gasteiger partial charge on any atom is -0.386 e. The monoisotopic (exact) mass is 806 g/mol. The Morgan fingerprint density at radius 1 is 0.588 bits per heavy atom. The van der Waals surface area contributed by atoms with Crippen LogP contribution in [0.4, 0.5) is 17.6 Å². The number of aliphatic imine (C=N–C) groups is 2.